The van der Waals surface area contributed by atoms with Crippen LogP contribution in [0, 0.1) is 0 Å². The van der Waals surface area contributed by atoms with E-state index in [1.165, 1.54) is 0 Å². The molecular weight excluding hydrogens is 246 g/mol. The molecule has 0 aromatic heterocycles. The second kappa shape index (κ2) is 5.52. The molecular formula is C13H19N3OS. The van der Waals surface area contributed by atoms with Gasteiger partial charge >= 0.3 is 0 Å². The fraction of sp³-hybridized carbons (Fsp3) is 0.462. The highest BCUT2D eigenvalue weighted by atomic mass is 32.2. The predicted molar refractivity (Wildman–Crippen MR) is 75.0 cm³/mol. The molecule has 5 heteroatoms. The van der Waals surface area contributed by atoms with E-state index in [9.17, 15) is 4.21 Å². The summed E-state index contributed by atoms with van der Waals surface area (Å²) in [4.78, 5) is 5.17. The highest BCUT2D eigenvalue weighted by Gasteiger charge is 2.20. The van der Waals surface area contributed by atoms with Crippen molar-refractivity contribution in [2.75, 3.05) is 6.26 Å². The first kappa shape index (κ1) is 13.1. The molecule has 0 saturated heterocycles. The fourth-order valence-corrected chi connectivity index (χ4v) is 2.21. The molecule has 1 fully saturated rings. The van der Waals surface area contributed by atoms with E-state index < -0.39 is 10.8 Å². The molecule has 0 heterocycles. The van der Waals surface area contributed by atoms with E-state index in [1.54, 1.807) is 6.26 Å². The summed E-state index contributed by atoms with van der Waals surface area (Å²) in [6, 6.07) is 8.24. The molecule has 0 spiro atoms. The van der Waals surface area contributed by atoms with E-state index in [0.717, 1.165) is 23.3 Å². The van der Waals surface area contributed by atoms with Crippen molar-refractivity contribution in [1.82, 2.24) is 5.32 Å². The zero-order valence-corrected chi connectivity index (χ0v) is 11.5. The van der Waals surface area contributed by atoms with Gasteiger partial charge in [-0.3, -0.25) is 9.20 Å². The lowest BCUT2D eigenvalue weighted by molar-refractivity contribution is 0.686. The van der Waals surface area contributed by atoms with Gasteiger partial charge in [-0.1, -0.05) is 12.1 Å². The molecule has 0 bridgehead atoms. The Labute approximate surface area is 110 Å². The van der Waals surface area contributed by atoms with Crippen LogP contribution in [0.3, 0.4) is 0 Å². The van der Waals surface area contributed by atoms with E-state index >= 15 is 0 Å². The largest absolute Gasteiger partial charge is 0.370 e. The zero-order chi connectivity index (χ0) is 13.1. The summed E-state index contributed by atoms with van der Waals surface area (Å²) in [6.45, 7) is 2.03. The summed E-state index contributed by atoms with van der Waals surface area (Å²) in [5.41, 5.74) is 6.93. The van der Waals surface area contributed by atoms with Crippen LogP contribution in [-0.2, 0) is 10.8 Å². The average molecular weight is 265 g/mol. The molecule has 4 nitrogen and oxygen atoms in total. The van der Waals surface area contributed by atoms with E-state index in [2.05, 4.69) is 10.3 Å². The second-order valence-electron chi connectivity index (χ2n) is 4.63. The van der Waals surface area contributed by atoms with Crippen LogP contribution >= 0.6 is 0 Å². The SMILES string of the molecule is CC(NC(N)=NC1CC1)c1ccc(S(C)=O)cc1. The number of rotatable bonds is 4. The van der Waals surface area contributed by atoms with Gasteiger partial charge in [0.05, 0.1) is 12.1 Å². The van der Waals surface area contributed by atoms with Crippen molar-refractivity contribution in [3.05, 3.63) is 29.8 Å². The van der Waals surface area contributed by atoms with E-state index in [-0.39, 0.29) is 6.04 Å². The van der Waals surface area contributed by atoms with Gasteiger partial charge in [0.2, 0.25) is 0 Å². The molecule has 0 amide bonds. The van der Waals surface area contributed by atoms with Crippen LogP contribution in [0.15, 0.2) is 34.2 Å². The number of nitrogens with two attached hydrogens (primary N) is 1. The Balaban J connectivity index is 1.99. The minimum Gasteiger partial charge on any atom is -0.370 e. The predicted octanol–water partition coefficient (Wildman–Crippen LogP) is 1.55. The van der Waals surface area contributed by atoms with E-state index in [4.69, 9.17) is 5.73 Å². The normalized spacial score (nSPS) is 19.3. The zero-order valence-electron chi connectivity index (χ0n) is 10.7. The summed E-state index contributed by atoms with van der Waals surface area (Å²) >= 11 is 0. The molecule has 3 N–H and O–H groups in total. The maximum atomic E-state index is 11.3. The minimum absolute atomic E-state index is 0.104. The van der Waals surface area contributed by atoms with E-state index in [0.29, 0.717) is 12.0 Å². The summed E-state index contributed by atoms with van der Waals surface area (Å²) in [6.07, 6.45) is 3.97. The smallest absolute Gasteiger partial charge is 0.189 e. The van der Waals surface area contributed by atoms with Crippen molar-refractivity contribution < 1.29 is 4.21 Å². The van der Waals surface area contributed by atoms with Crippen LogP contribution in [0.4, 0.5) is 0 Å². The summed E-state index contributed by atoms with van der Waals surface area (Å²) in [5.74, 6) is 0.508. The molecule has 1 saturated carbocycles. The molecule has 2 atom stereocenters. The summed E-state index contributed by atoms with van der Waals surface area (Å²) in [7, 11) is -0.930. The lowest BCUT2D eigenvalue weighted by atomic mass is 10.1. The number of nitrogens with one attached hydrogen (secondary N) is 1. The van der Waals surface area contributed by atoms with Crippen LogP contribution in [0.25, 0.3) is 0 Å². The third-order valence-corrected chi connectivity index (χ3v) is 3.88. The lowest BCUT2D eigenvalue weighted by Gasteiger charge is -2.15. The van der Waals surface area contributed by atoms with Crippen LogP contribution in [0.1, 0.15) is 31.4 Å². The molecule has 1 aliphatic carbocycles. The average Bonchev–Trinajstić information content (AvgIpc) is 3.12. The molecule has 1 aromatic carbocycles. The quantitative estimate of drug-likeness (QED) is 0.641. The van der Waals surface area contributed by atoms with Crippen molar-refractivity contribution in [3.8, 4) is 0 Å². The first-order chi connectivity index (χ1) is 8.56. The molecule has 18 heavy (non-hydrogen) atoms. The molecule has 2 rings (SSSR count). The third-order valence-electron chi connectivity index (χ3n) is 2.94. The standard InChI is InChI=1S/C13H19N3OS/c1-9(15-13(14)16-11-5-6-11)10-3-7-12(8-4-10)18(2)17/h3-4,7-9,11H,5-6H2,1-2H3,(H3,14,15,16). The van der Waals surface area contributed by atoms with Gasteiger partial charge in [-0.15, -0.1) is 0 Å². The Morgan fingerprint density at radius 1 is 1.44 bits per heavy atom. The molecule has 0 aliphatic heterocycles. The Hall–Kier alpha value is -1.36. The van der Waals surface area contributed by atoms with Crippen molar-refractivity contribution in [2.24, 2.45) is 10.7 Å². The van der Waals surface area contributed by atoms with Crippen molar-refractivity contribution >= 4 is 16.8 Å². The monoisotopic (exact) mass is 265 g/mol. The Bertz CT molecular complexity index is 466. The first-order valence-corrected chi connectivity index (χ1v) is 7.65. The van der Waals surface area contributed by atoms with Gasteiger partial charge in [-0.05, 0) is 37.5 Å². The molecule has 2 unspecified atom stereocenters. The number of nitrogens with zero attached hydrogens (tertiary/aromatic N) is 1. The van der Waals surface area contributed by atoms with Crippen LogP contribution in [-0.4, -0.2) is 22.5 Å². The number of benzene rings is 1. The van der Waals surface area contributed by atoms with Crippen LogP contribution in [0.5, 0.6) is 0 Å². The summed E-state index contributed by atoms with van der Waals surface area (Å²) < 4.78 is 11.3. The molecule has 1 aromatic rings. The summed E-state index contributed by atoms with van der Waals surface area (Å²) in [5, 5.41) is 3.17. The maximum absolute atomic E-state index is 11.3. The first-order valence-electron chi connectivity index (χ1n) is 6.09. The highest BCUT2D eigenvalue weighted by molar-refractivity contribution is 7.84. The van der Waals surface area contributed by atoms with Gasteiger partial charge in [0, 0.05) is 22.0 Å². The number of hydrogen-bond acceptors (Lipinski definition) is 2. The van der Waals surface area contributed by atoms with E-state index in [1.807, 2.05) is 31.2 Å². The number of aliphatic imine (C=N–C) groups is 1. The number of hydrogen-bond donors (Lipinski definition) is 2. The second-order valence-corrected chi connectivity index (χ2v) is 6.01. The molecule has 98 valence electrons. The van der Waals surface area contributed by atoms with Gasteiger partial charge in [0.1, 0.15) is 0 Å². The van der Waals surface area contributed by atoms with Crippen LogP contribution < -0.4 is 11.1 Å². The lowest BCUT2D eigenvalue weighted by Crippen LogP contribution is -2.34. The third kappa shape index (κ3) is 3.57. The van der Waals surface area contributed by atoms with Crippen molar-refractivity contribution in [3.63, 3.8) is 0 Å². The van der Waals surface area contributed by atoms with Crippen LogP contribution in [0.2, 0.25) is 0 Å². The number of guanidine groups is 1. The fourth-order valence-electron chi connectivity index (χ4n) is 1.69. The molecule has 0 radical (unpaired) electrons. The Kier molecular flexibility index (Phi) is 4.01. The van der Waals surface area contributed by atoms with Crippen molar-refractivity contribution in [1.29, 1.82) is 0 Å². The van der Waals surface area contributed by atoms with Gasteiger partial charge in [-0.25, -0.2) is 0 Å². The maximum Gasteiger partial charge on any atom is 0.189 e. The Morgan fingerprint density at radius 2 is 2.06 bits per heavy atom. The Morgan fingerprint density at radius 3 is 2.56 bits per heavy atom. The van der Waals surface area contributed by atoms with Gasteiger partial charge in [0.25, 0.3) is 0 Å². The topological polar surface area (TPSA) is 67.5 Å². The van der Waals surface area contributed by atoms with Gasteiger partial charge in [0.15, 0.2) is 5.96 Å². The minimum atomic E-state index is -0.930. The molecule has 1 aliphatic rings. The van der Waals surface area contributed by atoms with Crippen molar-refractivity contribution in [2.45, 2.75) is 36.7 Å². The van der Waals surface area contributed by atoms with Gasteiger partial charge < -0.3 is 11.1 Å². The van der Waals surface area contributed by atoms with Gasteiger partial charge in [-0.2, -0.15) is 0 Å². The highest BCUT2D eigenvalue weighted by Crippen LogP contribution is 2.23.